The van der Waals surface area contributed by atoms with Gasteiger partial charge in [0, 0.05) is 10.9 Å². The highest BCUT2D eigenvalue weighted by molar-refractivity contribution is 7.08. The van der Waals surface area contributed by atoms with Gasteiger partial charge in [-0.05, 0) is 29.3 Å². The van der Waals surface area contributed by atoms with Crippen molar-refractivity contribution in [1.82, 2.24) is 4.68 Å². The summed E-state index contributed by atoms with van der Waals surface area (Å²) in [4.78, 5) is 5.59. The summed E-state index contributed by atoms with van der Waals surface area (Å²) in [6.45, 7) is 2.72. The van der Waals surface area contributed by atoms with E-state index in [0.29, 0.717) is 6.54 Å². The first-order chi connectivity index (χ1) is 10.3. The van der Waals surface area contributed by atoms with E-state index in [4.69, 9.17) is 0 Å². The molecular weight excluding hydrogens is 298 g/mol. The fourth-order valence-corrected chi connectivity index (χ4v) is 3.27. The third kappa shape index (κ3) is 3.56. The third-order valence-corrected chi connectivity index (χ3v) is 4.63. The Hall–Kier alpha value is -1.98. The van der Waals surface area contributed by atoms with Crippen molar-refractivity contribution in [1.29, 1.82) is 0 Å². The molecule has 2 heterocycles. The summed E-state index contributed by atoms with van der Waals surface area (Å²) in [6.07, 6.45) is 1.87. The average molecular weight is 313 g/mol. The van der Waals surface area contributed by atoms with Crippen LogP contribution >= 0.6 is 22.7 Å². The highest BCUT2D eigenvalue weighted by atomic mass is 32.1. The standard InChI is InChI=1S/C16H15N3S2/c1-13-11-21-16(17-9-14-5-3-2-4-6-14)19(13)18-10-15-7-8-20-12-15/h2-8,10-12H,9H2,1H3. The van der Waals surface area contributed by atoms with Gasteiger partial charge in [-0.2, -0.15) is 16.4 Å². The molecule has 21 heavy (non-hydrogen) atoms. The summed E-state index contributed by atoms with van der Waals surface area (Å²) in [5.74, 6) is 0. The lowest BCUT2D eigenvalue weighted by Crippen LogP contribution is -2.12. The van der Waals surface area contributed by atoms with Crippen LogP contribution in [0.2, 0.25) is 0 Å². The summed E-state index contributed by atoms with van der Waals surface area (Å²) in [7, 11) is 0. The lowest BCUT2D eigenvalue weighted by Gasteiger charge is -1.98. The van der Waals surface area contributed by atoms with Crippen LogP contribution in [0.25, 0.3) is 0 Å². The third-order valence-electron chi connectivity index (χ3n) is 2.96. The maximum atomic E-state index is 4.67. The predicted molar refractivity (Wildman–Crippen MR) is 90.1 cm³/mol. The fourth-order valence-electron chi connectivity index (χ4n) is 1.85. The second-order valence-electron chi connectivity index (χ2n) is 4.57. The molecule has 1 aromatic carbocycles. The largest absolute Gasteiger partial charge is 0.253 e. The van der Waals surface area contributed by atoms with E-state index in [1.807, 2.05) is 41.4 Å². The van der Waals surface area contributed by atoms with Crippen LogP contribution in [-0.4, -0.2) is 10.9 Å². The van der Waals surface area contributed by atoms with Gasteiger partial charge >= 0.3 is 0 Å². The molecule has 0 fully saturated rings. The van der Waals surface area contributed by atoms with E-state index in [9.17, 15) is 0 Å². The summed E-state index contributed by atoms with van der Waals surface area (Å²) in [6, 6.07) is 12.3. The minimum atomic E-state index is 0.675. The van der Waals surface area contributed by atoms with E-state index in [1.54, 1.807) is 22.7 Å². The van der Waals surface area contributed by atoms with Crippen LogP contribution in [0.5, 0.6) is 0 Å². The first-order valence-electron chi connectivity index (χ1n) is 6.61. The van der Waals surface area contributed by atoms with Crippen molar-refractivity contribution in [3.63, 3.8) is 0 Å². The van der Waals surface area contributed by atoms with Gasteiger partial charge in [-0.15, -0.1) is 11.3 Å². The summed E-state index contributed by atoms with van der Waals surface area (Å²) >= 11 is 3.29. The number of rotatable bonds is 4. The van der Waals surface area contributed by atoms with Gasteiger partial charge in [-0.1, -0.05) is 30.3 Å². The molecular formula is C16H15N3S2. The van der Waals surface area contributed by atoms with Crippen LogP contribution in [0.3, 0.4) is 0 Å². The van der Waals surface area contributed by atoms with Crippen molar-refractivity contribution in [2.45, 2.75) is 13.5 Å². The van der Waals surface area contributed by atoms with Crippen LogP contribution in [0.4, 0.5) is 0 Å². The van der Waals surface area contributed by atoms with E-state index in [2.05, 4.69) is 39.1 Å². The Balaban J connectivity index is 1.86. The Morgan fingerprint density at radius 2 is 2.00 bits per heavy atom. The Morgan fingerprint density at radius 1 is 1.14 bits per heavy atom. The van der Waals surface area contributed by atoms with Gasteiger partial charge in [0.25, 0.3) is 0 Å². The molecule has 0 aliphatic heterocycles. The molecule has 106 valence electrons. The van der Waals surface area contributed by atoms with Crippen LogP contribution in [0, 0.1) is 6.92 Å². The number of thiophene rings is 1. The fraction of sp³-hybridized carbons (Fsp3) is 0.125. The van der Waals surface area contributed by atoms with Gasteiger partial charge in [0.2, 0.25) is 4.80 Å². The first kappa shape index (κ1) is 14.0. The molecule has 3 aromatic rings. The smallest absolute Gasteiger partial charge is 0.206 e. The second-order valence-corrected chi connectivity index (χ2v) is 6.19. The number of hydrogen-bond acceptors (Lipinski definition) is 4. The summed E-state index contributed by atoms with van der Waals surface area (Å²) in [5.41, 5.74) is 3.42. The zero-order valence-corrected chi connectivity index (χ0v) is 13.3. The molecule has 3 nitrogen and oxygen atoms in total. The van der Waals surface area contributed by atoms with Gasteiger partial charge < -0.3 is 0 Å². The van der Waals surface area contributed by atoms with Gasteiger partial charge in [0.1, 0.15) is 0 Å². The summed E-state index contributed by atoms with van der Waals surface area (Å²) in [5, 5.41) is 10.7. The molecule has 0 radical (unpaired) electrons. The molecule has 0 N–H and O–H groups in total. The minimum Gasteiger partial charge on any atom is -0.253 e. The molecule has 0 unspecified atom stereocenters. The van der Waals surface area contributed by atoms with Crippen molar-refractivity contribution in [2.75, 3.05) is 0 Å². The van der Waals surface area contributed by atoms with E-state index in [1.165, 1.54) is 5.56 Å². The second kappa shape index (κ2) is 6.65. The molecule has 0 spiro atoms. The highest BCUT2D eigenvalue weighted by Crippen LogP contribution is 2.05. The minimum absolute atomic E-state index is 0.675. The number of aryl methyl sites for hydroxylation is 1. The van der Waals surface area contributed by atoms with E-state index in [-0.39, 0.29) is 0 Å². The quantitative estimate of drug-likeness (QED) is 0.654. The number of hydrogen-bond donors (Lipinski definition) is 0. The molecule has 0 aliphatic rings. The molecule has 0 saturated carbocycles. The molecule has 0 amide bonds. The van der Waals surface area contributed by atoms with Crippen molar-refractivity contribution in [3.05, 3.63) is 74.2 Å². The predicted octanol–water partition coefficient (Wildman–Crippen LogP) is 3.90. The lowest BCUT2D eigenvalue weighted by molar-refractivity contribution is 0.787. The normalized spacial score (nSPS) is 12.3. The Morgan fingerprint density at radius 3 is 2.76 bits per heavy atom. The number of nitrogens with zero attached hydrogens (tertiary/aromatic N) is 3. The molecule has 5 heteroatoms. The number of aromatic nitrogens is 1. The van der Waals surface area contributed by atoms with E-state index in [0.717, 1.165) is 16.1 Å². The van der Waals surface area contributed by atoms with Crippen molar-refractivity contribution < 1.29 is 0 Å². The first-order valence-corrected chi connectivity index (χ1v) is 8.43. The average Bonchev–Trinajstić information content (AvgIpc) is 3.14. The van der Waals surface area contributed by atoms with E-state index < -0.39 is 0 Å². The number of benzene rings is 1. The van der Waals surface area contributed by atoms with Gasteiger partial charge in [0.05, 0.1) is 18.5 Å². The van der Waals surface area contributed by atoms with Crippen molar-refractivity contribution >= 4 is 28.9 Å². The zero-order chi connectivity index (χ0) is 14.5. The maximum absolute atomic E-state index is 4.67. The molecule has 0 saturated heterocycles. The van der Waals surface area contributed by atoms with Gasteiger partial charge in [-0.3, -0.25) is 4.99 Å². The molecule has 2 aromatic heterocycles. The zero-order valence-electron chi connectivity index (χ0n) is 11.6. The van der Waals surface area contributed by atoms with Crippen LogP contribution in [0.1, 0.15) is 16.8 Å². The molecule has 3 rings (SSSR count). The van der Waals surface area contributed by atoms with Crippen LogP contribution < -0.4 is 4.80 Å². The Labute approximate surface area is 131 Å². The lowest BCUT2D eigenvalue weighted by atomic mass is 10.2. The number of thiazole rings is 1. The van der Waals surface area contributed by atoms with Crippen LogP contribution in [-0.2, 0) is 6.54 Å². The van der Waals surface area contributed by atoms with E-state index >= 15 is 0 Å². The SMILES string of the molecule is Cc1csc(=NCc2ccccc2)n1N=Cc1ccsc1. The summed E-state index contributed by atoms with van der Waals surface area (Å²) < 4.78 is 1.89. The Kier molecular flexibility index (Phi) is 4.43. The van der Waals surface area contributed by atoms with Gasteiger partial charge in [-0.25, -0.2) is 4.68 Å². The molecule has 0 bridgehead atoms. The Bertz CT molecular complexity index is 781. The van der Waals surface area contributed by atoms with Crippen molar-refractivity contribution in [3.8, 4) is 0 Å². The highest BCUT2D eigenvalue weighted by Gasteiger charge is 1.99. The van der Waals surface area contributed by atoms with Crippen molar-refractivity contribution in [2.24, 2.45) is 10.1 Å². The molecule has 0 aliphatic carbocycles. The monoisotopic (exact) mass is 313 g/mol. The molecule has 0 atom stereocenters. The van der Waals surface area contributed by atoms with Gasteiger partial charge in [0.15, 0.2) is 0 Å². The van der Waals surface area contributed by atoms with Crippen LogP contribution in [0.15, 0.2) is 62.6 Å². The maximum Gasteiger partial charge on any atom is 0.206 e. The topological polar surface area (TPSA) is 29.6 Å².